The van der Waals surface area contributed by atoms with Gasteiger partial charge in [0.05, 0.1) is 0 Å². The summed E-state index contributed by atoms with van der Waals surface area (Å²) in [6.07, 6.45) is 5.37. The van der Waals surface area contributed by atoms with Crippen molar-refractivity contribution in [3.05, 3.63) is 0 Å². The van der Waals surface area contributed by atoms with Gasteiger partial charge in [0.2, 0.25) is 0 Å². The molecule has 1 aliphatic rings. The SMILES string of the molecule is CCCN(C1CC1)C(C)C(CC)NCC. The van der Waals surface area contributed by atoms with Crippen molar-refractivity contribution in [1.82, 2.24) is 10.2 Å². The van der Waals surface area contributed by atoms with Crippen molar-refractivity contribution >= 4 is 0 Å². The summed E-state index contributed by atoms with van der Waals surface area (Å²) in [5.41, 5.74) is 0. The molecule has 2 unspecified atom stereocenters. The third-order valence-electron chi connectivity index (χ3n) is 3.51. The smallest absolute Gasteiger partial charge is 0.0223 e. The number of nitrogens with zero attached hydrogens (tertiary/aromatic N) is 1. The van der Waals surface area contributed by atoms with Gasteiger partial charge in [-0.15, -0.1) is 0 Å². The van der Waals surface area contributed by atoms with E-state index in [0.717, 1.165) is 12.6 Å². The molecular formula is C13H28N2. The maximum absolute atomic E-state index is 3.61. The van der Waals surface area contributed by atoms with Gasteiger partial charge in [0.15, 0.2) is 0 Å². The zero-order chi connectivity index (χ0) is 11.3. The van der Waals surface area contributed by atoms with Crippen LogP contribution in [0.15, 0.2) is 0 Å². The first-order valence-corrected chi connectivity index (χ1v) is 6.73. The molecular weight excluding hydrogens is 184 g/mol. The van der Waals surface area contributed by atoms with Crippen LogP contribution in [-0.2, 0) is 0 Å². The summed E-state index contributed by atoms with van der Waals surface area (Å²) in [7, 11) is 0. The number of hydrogen-bond acceptors (Lipinski definition) is 2. The molecule has 2 nitrogen and oxygen atoms in total. The Bertz CT molecular complexity index is 166. The molecule has 0 amide bonds. The summed E-state index contributed by atoms with van der Waals surface area (Å²) in [6.45, 7) is 11.5. The Labute approximate surface area is 95.4 Å². The van der Waals surface area contributed by atoms with Gasteiger partial charge >= 0.3 is 0 Å². The topological polar surface area (TPSA) is 15.3 Å². The zero-order valence-corrected chi connectivity index (χ0v) is 10.9. The molecule has 1 saturated carbocycles. The summed E-state index contributed by atoms with van der Waals surface area (Å²) in [6, 6.07) is 2.26. The molecule has 90 valence electrons. The summed E-state index contributed by atoms with van der Waals surface area (Å²) in [5.74, 6) is 0. The van der Waals surface area contributed by atoms with Crippen LogP contribution in [0.25, 0.3) is 0 Å². The van der Waals surface area contributed by atoms with Crippen LogP contribution >= 0.6 is 0 Å². The number of rotatable bonds is 8. The first kappa shape index (κ1) is 13.0. The Balaban J connectivity index is 2.47. The van der Waals surface area contributed by atoms with Crippen LogP contribution in [0.5, 0.6) is 0 Å². The molecule has 0 aromatic rings. The molecule has 0 spiro atoms. The fourth-order valence-corrected chi connectivity index (χ4v) is 2.53. The fraction of sp³-hybridized carbons (Fsp3) is 1.00. The van der Waals surface area contributed by atoms with Crippen LogP contribution in [0.3, 0.4) is 0 Å². The van der Waals surface area contributed by atoms with Crippen LogP contribution in [0.4, 0.5) is 0 Å². The van der Waals surface area contributed by atoms with Crippen LogP contribution in [0.1, 0.15) is 53.4 Å². The number of likely N-dealkylation sites (N-methyl/N-ethyl adjacent to an activating group) is 1. The van der Waals surface area contributed by atoms with Gasteiger partial charge in [-0.1, -0.05) is 20.8 Å². The van der Waals surface area contributed by atoms with Crippen molar-refractivity contribution in [2.75, 3.05) is 13.1 Å². The maximum atomic E-state index is 3.61. The third-order valence-corrected chi connectivity index (χ3v) is 3.51. The lowest BCUT2D eigenvalue weighted by Crippen LogP contribution is -2.49. The van der Waals surface area contributed by atoms with Crippen molar-refractivity contribution in [2.24, 2.45) is 0 Å². The van der Waals surface area contributed by atoms with Gasteiger partial charge in [0.25, 0.3) is 0 Å². The summed E-state index contributed by atoms with van der Waals surface area (Å²) < 4.78 is 0. The lowest BCUT2D eigenvalue weighted by Gasteiger charge is -2.35. The molecule has 1 aliphatic carbocycles. The third kappa shape index (κ3) is 3.76. The van der Waals surface area contributed by atoms with Crippen LogP contribution < -0.4 is 5.32 Å². The predicted octanol–water partition coefficient (Wildman–Crippen LogP) is 2.64. The van der Waals surface area contributed by atoms with Crippen molar-refractivity contribution in [1.29, 1.82) is 0 Å². The molecule has 0 aromatic carbocycles. The number of hydrogen-bond donors (Lipinski definition) is 1. The second kappa shape index (κ2) is 6.49. The van der Waals surface area contributed by atoms with Gasteiger partial charge in [-0.3, -0.25) is 4.90 Å². The van der Waals surface area contributed by atoms with Gasteiger partial charge < -0.3 is 5.32 Å². The highest BCUT2D eigenvalue weighted by Gasteiger charge is 2.33. The van der Waals surface area contributed by atoms with E-state index in [4.69, 9.17) is 0 Å². The van der Waals surface area contributed by atoms with Gasteiger partial charge in [-0.2, -0.15) is 0 Å². The second-order valence-electron chi connectivity index (χ2n) is 4.78. The molecule has 1 N–H and O–H groups in total. The molecule has 0 radical (unpaired) electrons. The van der Waals surface area contributed by atoms with E-state index in [0.29, 0.717) is 12.1 Å². The molecule has 2 heteroatoms. The van der Waals surface area contributed by atoms with Crippen LogP contribution in [-0.4, -0.2) is 36.1 Å². The predicted molar refractivity (Wildman–Crippen MR) is 67.2 cm³/mol. The van der Waals surface area contributed by atoms with E-state index in [1.54, 1.807) is 0 Å². The number of nitrogens with one attached hydrogen (secondary N) is 1. The summed E-state index contributed by atoms with van der Waals surface area (Å²) in [4.78, 5) is 2.72. The van der Waals surface area contributed by atoms with Crippen molar-refractivity contribution in [2.45, 2.75) is 71.5 Å². The minimum atomic E-state index is 0.669. The Kier molecular flexibility index (Phi) is 5.62. The van der Waals surface area contributed by atoms with E-state index in [1.807, 2.05) is 0 Å². The molecule has 1 fully saturated rings. The Morgan fingerprint density at radius 2 is 1.93 bits per heavy atom. The molecule has 1 rings (SSSR count). The van der Waals surface area contributed by atoms with Crippen LogP contribution in [0.2, 0.25) is 0 Å². The average Bonchev–Trinajstić information content (AvgIpc) is 3.05. The highest BCUT2D eigenvalue weighted by Crippen LogP contribution is 2.29. The lowest BCUT2D eigenvalue weighted by molar-refractivity contribution is 0.158. The summed E-state index contributed by atoms with van der Waals surface area (Å²) in [5, 5.41) is 3.61. The Hall–Kier alpha value is -0.0800. The largest absolute Gasteiger partial charge is 0.313 e. The Morgan fingerprint density at radius 1 is 1.27 bits per heavy atom. The van der Waals surface area contributed by atoms with E-state index in [1.165, 1.54) is 32.2 Å². The monoisotopic (exact) mass is 212 g/mol. The highest BCUT2D eigenvalue weighted by atomic mass is 15.2. The van der Waals surface area contributed by atoms with Crippen molar-refractivity contribution in [3.8, 4) is 0 Å². The second-order valence-corrected chi connectivity index (χ2v) is 4.78. The minimum absolute atomic E-state index is 0.669. The minimum Gasteiger partial charge on any atom is -0.313 e. The molecule has 15 heavy (non-hydrogen) atoms. The average molecular weight is 212 g/mol. The van der Waals surface area contributed by atoms with Gasteiger partial charge in [-0.25, -0.2) is 0 Å². The van der Waals surface area contributed by atoms with E-state index < -0.39 is 0 Å². The fourth-order valence-electron chi connectivity index (χ4n) is 2.53. The van der Waals surface area contributed by atoms with Gasteiger partial charge in [-0.05, 0) is 45.7 Å². The summed E-state index contributed by atoms with van der Waals surface area (Å²) >= 11 is 0. The maximum Gasteiger partial charge on any atom is 0.0223 e. The van der Waals surface area contributed by atoms with Gasteiger partial charge in [0.1, 0.15) is 0 Å². The molecule has 0 saturated heterocycles. The quantitative estimate of drug-likeness (QED) is 0.665. The van der Waals surface area contributed by atoms with E-state index in [9.17, 15) is 0 Å². The normalized spacial score (nSPS) is 20.6. The molecule has 0 heterocycles. The first-order chi connectivity index (χ1) is 7.24. The zero-order valence-electron chi connectivity index (χ0n) is 10.9. The first-order valence-electron chi connectivity index (χ1n) is 6.73. The molecule has 0 bridgehead atoms. The van der Waals surface area contributed by atoms with Crippen LogP contribution in [0, 0.1) is 0 Å². The molecule has 0 aromatic heterocycles. The highest BCUT2D eigenvalue weighted by molar-refractivity contribution is 4.91. The van der Waals surface area contributed by atoms with E-state index in [-0.39, 0.29) is 0 Å². The van der Waals surface area contributed by atoms with Crippen molar-refractivity contribution < 1.29 is 0 Å². The van der Waals surface area contributed by atoms with Gasteiger partial charge in [0, 0.05) is 18.1 Å². The molecule has 2 atom stereocenters. The van der Waals surface area contributed by atoms with Crippen molar-refractivity contribution in [3.63, 3.8) is 0 Å². The van der Waals surface area contributed by atoms with E-state index >= 15 is 0 Å². The lowest BCUT2D eigenvalue weighted by atomic mass is 10.1. The molecule has 0 aliphatic heterocycles. The Morgan fingerprint density at radius 3 is 2.33 bits per heavy atom. The standard InChI is InChI=1S/C13H28N2/c1-5-10-15(12-8-9-12)11(4)13(6-2)14-7-3/h11-14H,5-10H2,1-4H3. The van der Waals surface area contributed by atoms with E-state index in [2.05, 4.69) is 37.9 Å².